The number of nitrogens with two attached hydrogens (primary N) is 1. The minimum atomic E-state index is -0.0916. The van der Waals surface area contributed by atoms with Gasteiger partial charge < -0.3 is 10.8 Å². The maximum absolute atomic E-state index is 13.8. The molecule has 6 rings (SSSR count). The Kier molecular flexibility index (Phi) is 5.22. The molecule has 0 aliphatic heterocycles. The molecule has 3 aromatic heterocycles. The minimum absolute atomic E-state index is 0.0916. The summed E-state index contributed by atoms with van der Waals surface area (Å²) in [4.78, 5) is 22.5. The molecule has 0 radical (unpaired) electrons. The Hall–Kier alpha value is -4.98. The Labute approximate surface area is 212 Å². The van der Waals surface area contributed by atoms with E-state index in [0.29, 0.717) is 33.5 Å². The van der Waals surface area contributed by atoms with E-state index in [9.17, 15) is 9.90 Å². The van der Waals surface area contributed by atoms with Gasteiger partial charge in [0.05, 0.1) is 17.3 Å². The summed E-state index contributed by atoms with van der Waals surface area (Å²) < 4.78 is 3.46. The predicted molar refractivity (Wildman–Crippen MR) is 145 cm³/mol. The fourth-order valence-electron chi connectivity index (χ4n) is 4.82. The van der Waals surface area contributed by atoms with E-state index >= 15 is 0 Å². The molecular formula is C29H24N6O2. The van der Waals surface area contributed by atoms with Gasteiger partial charge in [0.1, 0.15) is 23.6 Å². The molecule has 0 saturated heterocycles. The van der Waals surface area contributed by atoms with E-state index in [1.165, 1.54) is 6.33 Å². The van der Waals surface area contributed by atoms with Crippen LogP contribution >= 0.6 is 0 Å². The molecule has 3 N–H and O–H groups in total. The van der Waals surface area contributed by atoms with Crippen molar-refractivity contribution in [2.24, 2.45) is 0 Å². The van der Waals surface area contributed by atoms with Crippen LogP contribution in [0.5, 0.6) is 5.75 Å². The first kappa shape index (κ1) is 22.5. The third-order valence-electron chi connectivity index (χ3n) is 6.70. The van der Waals surface area contributed by atoms with Crippen LogP contribution in [0, 0.1) is 13.8 Å². The standard InChI is InChI=1S/C29H24N6O2/c1-17-11-12-20(14-23(17)36)26-25-27(30)31-16-32-28(25)34(33-26)15-22-13-19-8-6-7-18(2)24(19)29(37)35(22)21-9-4-3-5-10-21/h3-14,16,36H,15H2,1-2H3,(H2,30,31,32). The average Bonchev–Trinajstić information content (AvgIpc) is 3.26. The molecule has 0 amide bonds. The molecule has 0 atom stereocenters. The quantitative estimate of drug-likeness (QED) is 0.370. The molecule has 3 heterocycles. The topological polar surface area (TPSA) is 112 Å². The summed E-state index contributed by atoms with van der Waals surface area (Å²) >= 11 is 0. The minimum Gasteiger partial charge on any atom is -0.508 e. The third kappa shape index (κ3) is 3.70. The second-order valence-corrected chi connectivity index (χ2v) is 9.12. The van der Waals surface area contributed by atoms with E-state index in [1.54, 1.807) is 15.3 Å². The SMILES string of the molecule is Cc1ccc(-c2nn(Cc3cc4cccc(C)c4c(=O)n3-c3ccccc3)c3ncnc(N)c23)cc1O. The van der Waals surface area contributed by atoms with Crippen molar-refractivity contribution < 1.29 is 5.11 Å². The Bertz CT molecular complexity index is 1870. The molecule has 8 heteroatoms. The maximum Gasteiger partial charge on any atom is 0.263 e. The molecule has 0 aliphatic carbocycles. The molecule has 182 valence electrons. The highest BCUT2D eigenvalue weighted by molar-refractivity contribution is 5.98. The van der Waals surface area contributed by atoms with E-state index < -0.39 is 0 Å². The van der Waals surface area contributed by atoms with Crippen LogP contribution in [-0.2, 0) is 6.54 Å². The molecule has 37 heavy (non-hydrogen) atoms. The van der Waals surface area contributed by atoms with Gasteiger partial charge in [-0.1, -0.05) is 48.5 Å². The highest BCUT2D eigenvalue weighted by atomic mass is 16.3. The number of aromatic nitrogens is 5. The lowest BCUT2D eigenvalue weighted by Crippen LogP contribution is -2.24. The van der Waals surface area contributed by atoms with Crippen molar-refractivity contribution in [3.63, 3.8) is 0 Å². The van der Waals surface area contributed by atoms with Gasteiger partial charge in [-0.25, -0.2) is 14.6 Å². The molecular weight excluding hydrogens is 464 g/mol. The van der Waals surface area contributed by atoms with E-state index in [2.05, 4.69) is 9.97 Å². The van der Waals surface area contributed by atoms with Crippen molar-refractivity contribution in [1.29, 1.82) is 0 Å². The highest BCUT2D eigenvalue weighted by Crippen LogP contribution is 2.33. The number of pyridine rings is 1. The molecule has 0 spiro atoms. The molecule has 0 unspecified atom stereocenters. The molecule has 0 aliphatic rings. The molecule has 3 aromatic carbocycles. The van der Waals surface area contributed by atoms with Gasteiger partial charge in [-0.2, -0.15) is 5.10 Å². The Morgan fingerprint density at radius 2 is 1.70 bits per heavy atom. The Morgan fingerprint density at radius 3 is 2.49 bits per heavy atom. The number of aryl methyl sites for hydroxylation is 2. The first-order valence-corrected chi connectivity index (χ1v) is 11.9. The Balaban J connectivity index is 1.61. The predicted octanol–water partition coefficient (Wildman–Crippen LogP) is 4.75. The van der Waals surface area contributed by atoms with Crippen LogP contribution in [0.3, 0.4) is 0 Å². The van der Waals surface area contributed by atoms with Crippen LogP contribution in [0.25, 0.3) is 38.8 Å². The van der Waals surface area contributed by atoms with Crippen molar-refractivity contribution in [1.82, 2.24) is 24.3 Å². The molecule has 0 fully saturated rings. The number of aromatic hydroxyl groups is 1. The number of phenolic OH excluding ortho intramolecular Hbond substituents is 1. The van der Waals surface area contributed by atoms with Crippen LogP contribution in [0.2, 0.25) is 0 Å². The van der Waals surface area contributed by atoms with Crippen LogP contribution < -0.4 is 11.3 Å². The van der Waals surface area contributed by atoms with Crippen molar-refractivity contribution in [2.45, 2.75) is 20.4 Å². The zero-order valence-corrected chi connectivity index (χ0v) is 20.4. The van der Waals surface area contributed by atoms with Crippen molar-refractivity contribution in [2.75, 3.05) is 5.73 Å². The summed E-state index contributed by atoms with van der Waals surface area (Å²) in [5.74, 6) is 0.458. The van der Waals surface area contributed by atoms with Gasteiger partial charge in [-0.15, -0.1) is 0 Å². The van der Waals surface area contributed by atoms with Gasteiger partial charge >= 0.3 is 0 Å². The van der Waals surface area contributed by atoms with Gasteiger partial charge in [0.25, 0.3) is 5.56 Å². The number of hydrogen-bond acceptors (Lipinski definition) is 6. The van der Waals surface area contributed by atoms with Gasteiger partial charge in [0.15, 0.2) is 5.65 Å². The number of fused-ring (bicyclic) bond motifs is 2. The molecule has 0 saturated carbocycles. The number of rotatable bonds is 4. The number of nitrogen functional groups attached to an aromatic ring is 1. The third-order valence-corrected chi connectivity index (χ3v) is 6.70. The van der Waals surface area contributed by atoms with E-state index in [-0.39, 0.29) is 17.9 Å². The molecule has 0 bridgehead atoms. The van der Waals surface area contributed by atoms with Crippen LogP contribution in [0.1, 0.15) is 16.8 Å². The van der Waals surface area contributed by atoms with Crippen molar-refractivity contribution in [3.05, 3.63) is 106 Å². The van der Waals surface area contributed by atoms with Crippen LogP contribution in [-0.4, -0.2) is 29.4 Å². The first-order chi connectivity index (χ1) is 17.9. The first-order valence-electron chi connectivity index (χ1n) is 11.9. The number of phenols is 1. The van der Waals surface area contributed by atoms with Crippen LogP contribution in [0.4, 0.5) is 5.82 Å². The summed E-state index contributed by atoms with van der Waals surface area (Å²) in [7, 11) is 0. The second kappa shape index (κ2) is 8.60. The van der Waals surface area contributed by atoms with Crippen LogP contribution in [0.15, 0.2) is 83.9 Å². The summed E-state index contributed by atoms with van der Waals surface area (Å²) in [6.45, 7) is 4.04. The van der Waals surface area contributed by atoms with Crippen molar-refractivity contribution in [3.8, 4) is 22.7 Å². The van der Waals surface area contributed by atoms with Gasteiger partial charge in [-0.05, 0) is 54.6 Å². The summed E-state index contributed by atoms with van der Waals surface area (Å²) in [6, 6.07) is 22.8. The van der Waals surface area contributed by atoms with E-state index in [1.807, 2.05) is 80.6 Å². The number of para-hydroxylation sites is 1. The van der Waals surface area contributed by atoms with Gasteiger partial charge in [0.2, 0.25) is 0 Å². The normalized spacial score (nSPS) is 11.4. The van der Waals surface area contributed by atoms with E-state index in [0.717, 1.165) is 27.9 Å². The maximum atomic E-state index is 13.8. The molecule has 6 aromatic rings. The van der Waals surface area contributed by atoms with Gasteiger partial charge in [0, 0.05) is 16.9 Å². The van der Waals surface area contributed by atoms with E-state index in [4.69, 9.17) is 10.8 Å². The largest absolute Gasteiger partial charge is 0.508 e. The highest BCUT2D eigenvalue weighted by Gasteiger charge is 2.20. The monoisotopic (exact) mass is 488 g/mol. The number of nitrogens with zero attached hydrogens (tertiary/aromatic N) is 5. The number of anilines is 1. The molecule has 8 nitrogen and oxygen atoms in total. The fraction of sp³-hybridized carbons (Fsp3) is 0.103. The zero-order chi connectivity index (χ0) is 25.7. The summed E-state index contributed by atoms with van der Waals surface area (Å²) in [5.41, 5.74) is 11.2. The average molecular weight is 489 g/mol. The van der Waals surface area contributed by atoms with Crippen molar-refractivity contribution >= 4 is 27.6 Å². The van der Waals surface area contributed by atoms with Gasteiger partial charge in [-0.3, -0.25) is 9.36 Å². The number of benzene rings is 3. The lowest BCUT2D eigenvalue weighted by atomic mass is 10.1. The fourth-order valence-corrected chi connectivity index (χ4v) is 4.82. The summed E-state index contributed by atoms with van der Waals surface area (Å²) in [5, 5.41) is 17.3. The zero-order valence-electron chi connectivity index (χ0n) is 20.4. The smallest absolute Gasteiger partial charge is 0.263 e. The lowest BCUT2D eigenvalue weighted by molar-refractivity contribution is 0.471. The number of hydrogen-bond donors (Lipinski definition) is 2. The Morgan fingerprint density at radius 1 is 0.892 bits per heavy atom. The summed E-state index contributed by atoms with van der Waals surface area (Å²) in [6.07, 6.45) is 1.40. The second-order valence-electron chi connectivity index (χ2n) is 9.12. The lowest BCUT2D eigenvalue weighted by Gasteiger charge is -2.16.